The molecule has 5 nitrogen and oxygen atoms in total. The van der Waals surface area contributed by atoms with E-state index in [0.717, 1.165) is 37.0 Å². The molecule has 1 aliphatic rings. The lowest BCUT2D eigenvalue weighted by molar-refractivity contribution is -0.128. The molecule has 2 rings (SSSR count). The van der Waals surface area contributed by atoms with Gasteiger partial charge in [-0.05, 0) is 43.7 Å². The summed E-state index contributed by atoms with van der Waals surface area (Å²) in [6, 6.07) is 3.50. The number of carboxylic acids is 1. The first-order chi connectivity index (χ1) is 13.9. The minimum absolute atomic E-state index is 0.0217. The highest BCUT2D eigenvalue weighted by Crippen LogP contribution is 2.23. The number of amides is 1. The Balaban J connectivity index is 1.83. The normalized spacial score (nSPS) is 18.7. The van der Waals surface area contributed by atoms with E-state index in [1.165, 1.54) is 11.3 Å². The van der Waals surface area contributed by atoms with Crippen LogP contribution in [0.2, 0.25) is 0 Å². The molecule has 1 fully saturated rings. The lowest BCUT2D eigenvalue weighted by Gasteiger charge is -2.23. The molecule has 6 heteroatoms. The molecule has 1 amide bonds. The third-order valence-electron chi connectivity index (χ3n) is 5.11. The number of hydrogen-bond donors (Lipinski definition) is 2. The van der Waals surface area contributed by atoms with E-state index in [0.29, 0.717) is 24.3 Å². The van der Waals surface area contributed by atoms with Crippen LogP contribution in [0.1, 0.15) is 66.9 Å². The molecule has 29 heavy (non-hydrogen) atoms. The molecule has 0 spiro atoms. The van der Waals surface area contributed by atoms with E-state index in [4.69, 9.17) is 5.11 Å². The number of rotatable bonds is 10. The highest BCUT2D eigenvalue weighted by Gasteiger charge is 2.28. The molecule has 0 radical (unpaired) electrons. The SMILES string of the molecule is CCCC#CC[C@@H](C)[C@@H](O)C=C[C@H]1CCC(=O)N1CCCc1ccc(C(=O)O)s1. The Bertz CT molecular complexity index is 773. The van der Waals surface area contributed by atoms with Crippen molar-refractivity contribution in [1.29, 1.82) is 0 Å². The van der Waals surface area contributed by atoms with Gasteiger partial charge in [-0.2, -0.15) is 0 Å². The Kier molecular flexibility index (Phi) is 9.43. The van der Waals surface area contributed by atoms with Crippen molar-refractivity contribution in [1.82, 2.24) is 4.90 Å². The van der Waals surface area contributed by atoms with Crippen molar-refractivity contribution in [3.8, 4) is 11.8 Å². The fourth-order valence-corrected chi connectivity index (χ4v) is 4.18. The van der Waals surface area contributed by atoms with Crippen LogP contribution in [0.5, 0.6) is 0 Å². The topological polar surface area (TPSA) is 77.8 Å². The third-order valence-corrected chi connectivity index (χ3v) is 6.24. The number of carboxylic acid groups (broad SMARTS) is 1. The van der Waals surface area contributed by atoms with Gasteiger partial charge in [-0.25, -0.2) is 4.79 Å². The predicted molar refractivity (Wildman–Crippen MR) is 116 cm³/mol. The van der Waals surface area contributed by atoms with Crippen LogP contribution in [0.25, 0.3) is 0 Å². The van der Waals surface area contributed by atoms with Crippen molar-refractivity contribution in [2.24, 2.45) is 5.92 Å². The van der Waals surface area contributed by atoms with Gasteiger partial charge in [0.1, 0.15) is 4.88 Å². The van der Waals surface area contributed by atoms with E-state index in [1.54, 1.807) is 12.1 Å². The van der Waals surface area contributed by atoms with E-state index < -0.39 is 12.1 Å². The lowest BCUT2D eigenvalue weighted by atomic mass is 10.00. The largest absolute Gasteiger partial charge is 0.477 e. The molecular weight excluding hydrogens is 386 g/mol. The number of thiophene rings is 1. The van der Waals surface area contributed by atoms with Gasteiger partial charge in [-0.1, -0.05) is 26.0 Å². The van der Waals surface area contributed by atoms with Crippen LogP contribution in [-0.2, 0) is 11.2 Å². The summed E-state index contributed by atoms with van der Waals surface area (Å²) in [5, 5.41) is 19.4. The first-order valence-corrected chi connectivity index (χ1v) is 11.2. The lowest BCUT2D eigenvalue weighted by Crippen LogP contribution is -2.33. The summed E-state index contributed by atoms with van der Waals surface area (Å²) in [5.41, 5.74) is 0. The number of carbonyl (C=O) groups is 2. The van der Waals surface area contributed by atoms with Gasteiger partial charge >= 0.3 is 5.97 Å². The van der Waals surface area contributed by atoms with Crippen molar-refractivity contribution < 1.29 is 19.8 Å². The molecule has 158 valence electrons. The fraction of sp³-hybridized carbons (Fsp3) is 0.565. The third kappa shape index (κ3) is 7.34. The van der Waals surface area contributed by atoms with Crippen LogP contribution < -0.4 is 0 Å². The molecule has 2 heterocycles. The summed E-state index contributed by atoms with van der Waals surface area (Å²) in [4.78, 5) is 26.5. The molecule has 0 bridgehead atoms. The fourth-order valence-electron chi connectivity index (χ4n) is 3.30. The Morgan fingerprint density at radius 2 is 2.21 bits per heavy atom. The number of aryl methyl sites for hydroxylation is 1. The van der Waals surface area contributed by atoms with Crippen LogP contribution in [0, 0.1) is 17.8 Å². The minimum Gasteiger partial charge on any atom is -0.477 e. The Morgan fingerprint density at radius 1 is 1.41 bits per heavy atom. The van der Waals surface area contributed by atoms with Crippen LogP contribution in [0.4, 0.5) is 0 Å². The zero-order valence-corrected chi connectivity index (χ0v) is 18.1. The number of aliphatic hydroxyl groups is 1. The van der Waals surface area contributed by atoms with Gasteiger partial charge in [-0.15, -0.1) is 23.2 Å². The molecule has 1 aromatic rings. The standard InChI is InChI=1S/C23H31NO4S/c1-3-4-5-6-8-17(2)20(25)13-10-18-11-15-22(26)24(18)16-7-9-19-12-14-21(29-19)23(27)28/h10,12-14,17-18,20,25H,3-4,7-9,11,15-16H2,1-2H3,(H,27,28)/t17-,18+,20+/m1/s1. The number of unbranched alkanes of at least 4 members (excludes halogenated alkanes) is 1. The van der Waals surface area contributed by atoms with Gasteiger partial charge in [-0.3, -0.25) is 4.79 Å². The van der Waals surface area contributed by atoms with Gasteiger partial charge in [0.05, 0.1) is 12.1 Å². The van der Waals surface area contributed by atoms with Crippen molar-refractivity contribution >= 4 is 23.2 Å². The maximum absolute atomic E-state index is 12.2. The molecule has 0 unspecified atom stereocenters. The van der Waals surface area contributed by atoms with Crippen molar-refractivity contribution in [2.45, 2.75) is 70.9 Å². The molecule has 2 N–H and O–H groups in total. The molecule has 1 aliphatic heterocycles. The minimum atomic E-state index is -0.898. The van der Waals surface area contributed by atoms with Crippen LogP contribution in [0.3, 0.4) is 0 Å². The summed E-state index contributed by atoms with van der Waals surface area (Å²) < 4.78 is 0. The average molecular weight is 418 g/mol. The molecule has 3 atom stereocenters. The van der Waals surface area contributed by atoms with Crippen LogP contribution in [-0.4, -0.2) is 45.7 Å². The zero-order chi connectivity index (χ0) is 21.2. The second kappa shape index (κ2) is 11.8. The second-order valence-corrected chi connectivity index (χ2v) is 8.70. The van der Waals surface area contributed by atoms with Gasteiger partial charge in [0.15, 0.2) is 0 Å². The van der Waals surface area contributed by atoms with Gasteiger partial charge in [0.2, 0.25) is 5.91 Å². The smallest absolute Gasteiger partial charge is 0.345 e. The van der Waals surface area contributed by atoms with E-state index in [2.05, 4.69) is 18.8 Å². The van der Waals surface area contributed by atoms with Crippen molar-refractivity contribution in [3.05, 3.63) is 34.0 Å². The maximum atomic E-state index is 12.2. The van der Waals surface area contributed by atoms with Crippen molar-refractivity contribution in [2.75, 3.05) is 6.54 Å². The monoisotopic (exact) mass is 417 g/mol. The molecule has 1 saturated heterocycles. The maximum Gasteiger partial charge on any atom is 0.345 e. The van der Waals surface area contributed by atoms with E-state index in [9.17, 15) is 14.7 Å². The van der Waals surface area contributed by atoms with Gasteiger partial charge < -0.3 is 15.1 Å². The second-order valence-electron chi connectivity index (χ2n) is 7.53. The highest BCUT2D eigenvalue weighted by molar-refractivity contribution is 7.13. The average Bonchev–Trinajstić information content (AvgIpc) is 3.31. The molecule has 1 aromatic heterocycles. The number of carbonyl (C=O) groups excluding carboxylic acids is 1. The summed E-state index contributed by atoms with van der Waals surface area (Å²) in [6.45, 7) is 4.72. The summed E-state index contributed by atoms with van der Waals surface area (Å²) >= 11 is 1.29. The van der Waals surface area contributed by atoms with Gasteiger partial charge in [0, 0.05) is 30.7 Å². The van der Waals surface area contributed by atoms with E-state index in [1.807, 2.05) is 24.0 Å². The molecule has 0 saturated carbocycles. The molecular formula is C23H31NO4S. The molecule has 0 aromatic carbocycles. The van der Waals surface area contributed by atoms with E-state index in [-0.39, 0.29) is 17.9 Å². The number of nitrogens with zero attached hydrogens (tertiary/aromatic N) is 1. The highest BCUT2D eigenvalue weighted by atomic mass is 32.1. The molecule has 0 aliphatic carbocycles. The number of aromatic carboxylic acids is 1. The van der Waals surface area contributed by atoms with Crippen molar-refractivity contribution in [3.63, 3.8) is 0 Å². The number of aliphatic hydroxyl groups excluding tert-OH is 1. The summed E-state index contributed by atoms with van der Waals surface area (Å²) in [5.74, 6) is 5.53. The quantitative estimate of drug-likeness (QED) is 0.443. The van der Waals surface area contributed by atoms with E-state index >= 15 is 0 Å². The first-order valence-electron chi connectivity index (χ1n) is 10.4. The summed E-state index contributed by atoms with van der Waals surface area (Å²) in [6.07, 6.45) is 8.65. The van der Waals surface area contributed by atoms with Gasteiger partial charge in [0.25, 0.3) is 0 Å². The summed E-state index contributed by atoms with van der Waals surface area (Å²) in [7, 11) is 0. The van der Waals surface area contributed by atoms with Crippen LogP contribution in [0.15, 0.2) is 24.3 Å². The van der Waals surface area contributed by atoms with Crippen LogP contribution >= 0.6 is 11.3 Å². The Morgan fingerprint density at radius 3 is 2.90 bits per heavy atom. The Labute approximate surface area is 177 Å². The number of hydrogen-bond acceptors (Lipinski definition) is 4. The number of likely N-dealkylation sites (tertiary alicyclic amines) is 1. The zero-order valence-electron chi connectivity index (χ0n) is 17.3. The predicted octanol–water partition coefficient (Wildman–Crippen LogP) is 4.12. The first kappa shape index (κ1) is 23.2. The Hall–Kier alpha value is -2.10.